The van der Waals surface area contributed by atoms with E-state index in [9.17, 15) is 13.2 Å². The molecule has 29 heavy (non-hydrogen) atoms. The van der Waals surface area contributed by atoms with E-state index in [0.717, 1.165) is 11.8 Å². The van der Waals surface area contributed by atoms with Crippen LogP contribution in [0.3, 0.4) is 0 Å². The first-order valence-corrected chi connectivity index (χ1v) is 10.7. The number of hydrogen-bond donors (Lipinski definition) is 1. The van der Waals surface area contributed by atoms with E-state index in [1.807, 2.05) is 30.3 Å². The Morgan fingerprint density at radius 2 is 1.72 bits per heavy atom. The largest absolute Gasteiger partial charge is 0.335 e. The molecule has 2 aromatic carbocycles. The highest BCUT2D eigenvalue weighted by Gasteiger charge is 2.19. The summed E-state index contributed by atoms with van der Waals surface area (Å²) in [6.07, 6.45) is 1.13. The molecular formula is C21H17N3O4S. The van der Waals surface area contributed by atoms with Gasteiger partial charge in [-0.3, -0.25) is 4.79 Å². The summed E-state index contributed by atoms with van der Waals surface area (Å²) >= 11 is 0. The highest BCUT2D eigenvalue weighted by atomic mass is 32.2. The van der Waals surface area contributed by atoms with Crippen LogP contribution < -0.4 is 5.32 Å². The smallest absolute Gasteiger partial charge is 0.259 e. The molecule has 146 valence electrons. The molecule has 0 atom stereocenters. The van der Waals surface area contributed by atoms with Crippen LogP contribution in [0.5, 0.6) is 0 Å². The number of carbonyl (C=O) groups excluding carboxylic acids is 1. The molecule has 0 bridgehead atoms. The van der Waals surface area contributed by atoms with Gasteiger partial charge >= 0.3 is 0 Å². The highest BCUT2D eigenvalue weighted by Crippen LogP contribution is 2.27. The van der Waals surface area contributed by atoms with Crippen molar-refractivity contribution in [1.29, 1.82) is 0 Å². The second-order valence-corrected chi connectivity index (χ2v) is 8.64. The zero-order valence-electron chi connectivity index (χ0n) is 15.7. The van der Waals surface area contributed by atoms with Gasteiger partial charge in [0, 0.05) is 17.5 Å². The normalized spacial score (nSPS) is 11.5. The van der Waals surface area contributed by atoms with Gasteiger partial charge in [-0.1, -0.05) is 35.5 Å². The Labute approximate surface area is 167 Å². The molecule has 7 nitrogen and oxygen atoms in total. The number of aryl methyl sites for hydroxylation is 1. The van der Waals surface area contributed by atoms with E-state index in [-0.39, 0.29) is 16.5 Å². The molecule has 0 saturated heterocycles. The van der Waals surface area contributed by atoms with Crippen molar-refractivity contribution in [2.45, 2.75) is 11.8 Å². The van der Waals surface area contributed by atoms with Crippen molar-refractivity contribution < 1.29 is 17.7 Å². The monoisotopic (exact) mass is 407 g/mol. The van der Waals surface area contributed by atoms with Gasteiger partial charge in [0.2, 0.25) is 0 Å². The lowest BCUT2D eigenvalue weighted by atomic mass is 10.1. The molecule has 4 rings (SSSR count). The summed E-state index contributed by atoms with van der Waals surface area (Å²) in [6.45, 7) is 1.74. The molecule has 0 aliphatic carbocycles. The molecule has 1 amide bonds. The summed E-state index contributed by atoms with van der Waals surface area (Å²) in [7, 11) is -3.31. The number of carbonyl (C=O) groups is 1. The Kier molecular flexibility index (Phi) is 4.63. The van der Waals surface area contributed by atoms with Gasteiger partial charge in [-0.2, -0.15) is 0 Å². The number of anilines is 1. The molecule has 4 aromatic rings. The summed E-state index contributed by atoms with van der Waals surface area (Å²) in [5, 5.41) is 7.27. The van der Waals surface area contributed by atoms with Gasteiger partial charge in [0.05, 0.1) is 27.2 Å². The number of aromatic nitrogens is 2. The molecule has 2 aromatic heterocycles. The fraction of sp³-hybridized carbons (Fsp3) is 0.0952. The zero-order chi connectivity index (χ0) is 20.6. The van der Waals surface area contributed by atoms with E-state index in [1.165, 1.54) is 12.1 Å². The van der Waals surface area contributed by atoms with Crippen LogP contribution in [-0.2, 0) is 9.84 Å². The van der Waals surface area contributed by atoms with Crippen molar-refractivity contribution in [2.24, 2.45) is 0 Å². The van der Waals surface area contributed by atoms with Crippen LogP contribution in [0, 0.1) is 6.92 Å². The van der Waals surface area contributed by atoms with Crippen molar-refractivity contribution in [3.8, 4) is 11.3 Å². The first kappa shape index (κ1) is 18.8. The number of nitrogens with one attached hydrogen (secondary N) is 1. The molecule has 8 heteroatoms. The van der Waals surface area contributed by atoms with Crippen molar-refractivity contribution in [1.82, 2.24) is 10.1 Å². The van der Waals surface area contributed by atoms with E-state index < -0.39 is 9.84 Å². The van der Waals surface area contributed by atoms with Gasteiger partial charge in [-0.05, 0) is 37.3 Å². The van der Waals surface area contributed by atoms with Crippen molar-refractivity contribution in [3.05, 3.63) is 71.9 Å². The minimum absolute atomic E-state index is 0.183. The lowest BCUT2D eigenvalue weighted by Gasteiger charge is -2.09. The molecule has 2 heterocycles. The summed E-state index contributed by atoms with van der Waals surface area (Å²) in [5.41, 5.74) is 3.12. The van der Waals surface area contributed by atoms with E-state index in [0.29, 0.717) is 28.0 Å². The average Bonchev–Trinajstić information content (AvgIpc) is 3.08. The van der Waals surface area contributed by atoms with Gasteiger partial charge < -0.3 is 9.84 Å². The number of hydrogen-bond acceptors (Lipinski definition) is 6. The molecule has 0 aliphatic rings. The van der Waals surface area contributed by atoms with Gasteiger partial charge in [0.15, 0.2) is 9.84 Å². The maximum Gasteiger partial charge on any atom is 0.259 e. The van der Waals surface area contributed by atoms with Crippen LogP contribution in [0.2, 0.25) is 0 Å². The maximum absolute atomic E-state index is 13.0. The van der Waals surface area contributed by atoms with E-state index >= 15 is 0 Å². The van der Waals surface area contributed by atoms with E-state index in [4.69, 9.17) is 4.52 Å². The third kappa shape index (κ3) is 3.74. The fourth-order valence-electron chi connectivity index (χ4n) is 3.01. The van der Waals surface area contributed by atoms with Gasteiger partial charge in [-0.15, -0.1) is 0 Å². The summed E-state index contributed by atoms with van der Waals surface area (Å²) in [4.78, 5) is 17.7. The predicted octanol–water partition coefficient (Wildman–Crippen LogP) is 3.85. The molecule has 0 aliphatic heterocycles. The summed E-state index contributed by atoms with van der Waals surface area (Å²) in [5.74, 6) is -0.368. The lowest BCUT2D eigenvalue weighted by Crippen LogP contribution is -2.13. The van der Waals surface area contributed by atoms with Crippen molar-refractivity contribution in [3.63, 3.8) is 0 Å². The number of rotatable bonds is 4. The quantitative estimate of drug-likeness (QED) is 0.551. The Morgan fingerprint density at radius 1 is 1.03 bits per heavy atom. The molecule has 0 unspecified atom stereocenters. The average molecular weight is 407 g/mol. The summed E-state index contributed by atoms with van der Waals surface area (Å²) < 4.78 is 28.5. The Hall–Kier alpha value is -3.52. The minimum Gasteiger partial charge on any atom is -0.335 e. The van der Waals surface area contributed by atoms with Crippen LogP contribution in [-0.4, -0.2) is 30.7 Å². The lowest BCUT2D eigenvalue weighted by molar-refractivity contribution is 0.102. The van der Waals surface area contributed by atoms with Crippen LogP contribution in [0.1, 0.15) is 16.1 Å². The second-order valence-electron chi connectivity index (χ2n) is 6.62. The van der Waals surface area contributed by atoms with Crippen LogP contribution in [0.25, 0.3) is 22.4 Å². The van der Waals surface area contributed by atoms with Crippen molar-refractivity contribution >= 4 is 32.5 Å². The molecule has 0 spiro atoms. The Bertz CT molecular complexity index is 1310. The SMILES string of the molecule is Cc1noc2nc(-c3ccccc3)cc(C(=O)Nc3ccc(S(C)(=O)=O)cc3)c12. The Balaban J connectivity index is 1.74. The third-order valence-corrected chi connectivity index (χ3v) is 5.60. The molecule has 1 N–H and O–H groups in total. The summed E-state index contributed by atoms with van der Waals surface area (Å²) in [6, 6.07) is 17.1. The molecule has 0 fully saturated rings. The number of sulfone groups is 1. The topological polar surface area (TPSA) is 102 Å². The first-order chi connectivity index (χ1) is 13.8. The predicted molar refractivity (Wildman–Crippen MR) is 109 cm³/mol. The first-order valence-electron chi connectivity index (χ1n) is 8.77. The van der Waals surface area contributed by atoms with Gasteiger partial charge in [0.25, 0.3) is 11.6 Å². The standard InChI is InChI=1S/C21H17N3O4S/c1-13-19-17(20(25)22-15-8-10-16(11-9-15)29(2,26)27)12-18(23-21(19)28-24-13)14-6-4-3-5-7-14/h3-12H,1-2H3,(H,22,25). The molecule has 0 radical (unpaired) electrons. The second kappa shape index (κ2) is 7.14. The van der Waals surface area contributed by atoms with Crippen LogP contribution >= 0.6 is 0 Å². The maximum atomic E-state index is 13.0. The van der Waals surface area contributed by atoms with Crippen LogP contribution in [0.15, 0.2) is 70.1 Å². The number of amides is 1. The highest BCUT2D eigenvalue weighted by molar-refractivity contribution is 7.90. The Morgan fingerprint density at radius 3 is 2.38 bits per heavy atom. The number of benzene rings is 2. The van der Waals surface area contributed by atoms with Gasteiger partial charge in [-0.25, -0.2) is 13.4 Å². The minimum atomic E-state index is -3.31. The molecule has 0 saturated carbocycles. The van der Waals surface area contributed by atoms with Crippen molar-refractivity contribution in [2.75, 3.05) is 11.6 Å². The fourth-order valence-corrected chi connectivity index (χ4v) is 3.64. The number of fused-ring (bicyclic) bond motifs is 1. The van der Waals surface area contributed by atoms with Crippen LogP contribution in [0.4, 0.5) is 5.69 Å². The van der Waals surface area contributed by atoms with Gasteiger partial charge in [0.1, 0.15) is 0 Å². The molecular weight excluding hydrogens is 390 g/mol. The number of nitrogens with zero attached hydrogens (tertiary/aromatic N) is 2. The number of pyridine rings is 1. The zero-order valence-corrected chi connectivity index (χ0v) is 16.5. The third-order valence-electron chi connectivity index (χ3n) is 4.47. The van der Waals surface area contributed by atoms with E-state index in [1.54, 1.807) is 25.1 Å². The van der Waals surface area contributed by atoms with E-state index in [2.05, 4.69) is 15.5 Å².